The number of halogens is 1. The number of carboxylic acids is 1. The Balaban J connectivity index is 3.16. The Morgan fingerprint density at radius 1 is 1.73 bits per heavy atom. The van der Waals surface area contributed by atoms with Gasteiger partial charge in [-0.2, -0.15) is 0 Å². The van der Waals surface area contributed by atoms with Gasteiger partial charge in [0.2, 0.25) is 0 Å². The van der Waals surface area contributed by atoms with Crippen LogP contribution in [0.15, 0.2) is 11.8 Å². The van der Waals surface area contributed by atoms with Crippen LogP contribution < -0.4 is 5.73 Å². The van der Waals surface area contributed by atoms with Crippen molar-refractivity contribution in [3.63, 3.8) is 0 Å². The van der Waals surface area contributed by atoms with Crippen LogP contribution in [0, 0.1) is 3.83 Å². The van der Waals surface area contributed by atoms with E-state index < -0.39 is 5.97 Å². The smallest absolute Gasteiger partial charge is 0.331 e. The van der Waals surface area contributed by atoms with Gasteiger partial charge in [0.1, 0.15) is 0 Å². The summed E-state index contributed by atoms with van der Waals surface area (Å²) >= 11 is 1.94. The second-order valence-electron chi connectivity index (χ2n) is 2.81. The van der Waals surface area contributed by atoms with E-state index in [1.165, 1.54) is 12.3 Å². The summed E-state index contributed by atoms with van der Waals surface area (Å²) in [5, 5.41) is 8.84. The predicted octanol–water partition coefficient (Wildman–Crippen LogP) is 1.54. The summed E-state index contributed by atoms with van der Waals surface area (Å²) < 4.78 is 0.536. The molecule has 0 saturated carbocycles. The lowest BCUT2D eigenvalue weighted by molar-refractivity contribution is -0.132. The molecule has 15 heavy (non-hydrogen) atoms. The molecule has 5 nitrogen and oxygen atoms in total. The quantitative estimate of drug-likeness (QED) is 0.501. The highest BCUT2D eigenvalue weighted by molar-refractivity contribution is 14.1. The summed E-state index contributed by atoms with van der Waals surface area (Å²) in [6, 6.07) is 0. The Kier molecular flexibility index (Phi) is 4.01. The van der Waals surface area contributed by atoms with Crippen molar-refractivity contribution in [1.29, 1.82) is 0 Å². The number of hydrogen-bond acceptors (Lipinski definition) is 4. The van der Waals surface area contributed by atoms with E-state index in [1.54, 1.807) is 6.92 Å². The Labute approximate surface area is 101 Å². The van der Waals surface area contributed by atoms with Crippen molar-refractivity contribution in [1.82, 2.24) is 9.97 Å². The van der Waals surface area contributed by atoms with Gasteiger partial charge in [-0.1, -0.05) is 6.92 Å². The highest BCUT2D eigenvalue weighted by Crippen LogP contribution is 2.14. The van der Waals surface area contributed by atoms with Gasteiger partial charge in [0.15, 0.2) is 3.83 Å². The molecule has 6 heteroatoms. The van der Waals surface area contributed by atoms with Crippen LogP contribution in [0.25, 0.3) is 6.08 Å². The third kappa shape index (κ3) is 3.15. The minimum Gasteiger partial charge on any atom is -0.478 e. The molecule has 0 radical (unpaired) electrons. The molecule has 80 valence electrons. The Hall–Kier alpha value is -1.18. The normalized spacial score (nSPS) is 11.5. The molecule has 1 rings (SSSR count). The minimum absolute atomic E-state index is 0.274. The van der Waals surface area contributed by atoms with E-state index in [0.29, 0.717) is 21.6 Å². The van der Waals surface area contributed by atoms with Crippen molar-refractivity contribution >= 4 is 40.3 Å². The molecule has 1 heterocycles. The van der Waals surface area contributed by atoms with Gasteiger partial charge in [-0.25, -0.2) is 14.8 Å². The molecule has 0 saturated heterocycles. The maximum Gasteiger partial charge on any atom is 0.331 e. The van der Waals surface area contributed by atoms with Gasteiger partial charge < -0.3 is 10.8 Å². The first-order valence-electron chi connectivity index (χ1n) is 4.26. The van der Waals surface area contributed by atoms with Crippen LogP contribution in [0.3, 0.4) is 0 Å². The molecular formula is C9H10IN3O2. The van der Waals surface area contributed by atoms with Crippen molar-refractivity contribution in [3.8, 4) is 0 Å². The topological polar surface area (TPSA) is 89.1 Å². The molecule has 3 N–H and O–H groups in total. The highest BCUT2D eigenvalue weighted by atomic mass is 127. The van der Waals surface area contributed by atoms with Crippen molar-refractivity contribution in [2.75, 3.05) is 5.73 Å². The van der Waals surface area contributed by atoms with E-state index in [9.17, 15) is 4.79 Å². The SMILES string of the molecule is CC/C(=C\c1nc(I)ncc1N)C(=O)O. The van der Waals surface area contributed by atoms with Gasteiger partial charge in [0.25, 0.3) is 0 Å². The summed E-state index contributed by atoms with van der Waals surface area (Å²) in [5.41, 5.74) is 6.73. The predicted molar refractivity (Wildman–Crippen MR) is 65.1 cm³/mol. The van der Waals surface area contributed by atoms with Crippen LogP contribution in [0.1, 0.15) is 19.0 Å². The molecule has 0 fully saturated rings. The molecule has 0 aromatic carbocycles. The summed E-state index contributed by atoms with van der Waals surface area (Å²) in [6.07, 6.45) is 3.37. The number of carboxylic acid groups (broad SMARTS) is 1. The number of nitrogens with two attached hydrogens (primary N) is 1. The van der Waals surface area contributed by atoms with Crippen molar-refractivity contribution in [2.45, 2.75) is 13.3 Å². The first-order valence-corrected chi connectivity index (χ1v) is 5.34. The maximum absolute atomic E-state index is 10.8. The molecule has 0 atom stereocenters. The number of carbonyl (C=O) groups is 1. The summed E-state index contributed by atoms with van der Waals surface area (Å²) in [7, 11) is 0. The zero-order valence-corrected chi connectivity index (χ0v) is 10.2. The minimum atomic E-state index is -0.953. The zero-order chi connectivity index (χ0) is 11.4. The van der Waals surface area contributed by atoms with Crippen LogP contribution >= 0.6 is 22.6 Å². The molecule has 0 spiro atoms. The molecule has 0 aliphatic heterocycles. The monoisotopic (exact) mass is 319 g/mol. The number of nitrogen functional groups attached to an aromatic ring is 1. The van der Waals surface area contributed by atoms with Gasteiger partial charge in [-0.15, -0.1) is 0 Å². The van der Waals surface area contributed by atoms with Gasteiger partial charge in [0.05, 0.1) is 17.6 Å². The first-order chi connectivity index (χ1) is 7.04. The average Bonchev–Trinajstić information content (AvgIpc) is 2.18. The third-order valence-electron chi connectivity index (χ3n) is 1.79. The third-order valence-corrected chi connectivity index (χ3v) is 2.30. The lowest BCUT2D eigenvalue weighted by Crippen LogP contribution is -2.02. The number of hydrogen-bond donors (Lipinski definition) is 2. The second-order valence-corrected chi connectivity index (χ2v) is 3.77. The standard InChI is InChI=1S/C9H10IN3O2/c1-2-5(8(14)15)3-7-6(11)4-12-9(10)13-7/h3-4H,2,11H2,1H3,(H,14,15)/b5-3+. The summed E-state index contributed by atoms with van der Waals surface area (Å²) in [5.74, 6) is -0.953. The van der Waals surface area contributed by atoms with Crippen LogP contribution in [0.4, 0.5) is 5.69 Å². The maximum atomic E-state index is 10.8. The number of aromatic nitrogens is 2. The van der Waals surface area contributed by atoms with Crippen LogP contribution in [-0.4, -0.2) is 21.0 Å². The van der Waals surface area contributed by atoms with E-state index in [-0.39, 0.29) is 5.57 Å². The molecule has 0 amide bonds. The van der Waals surface area contributed by atoms with Crippen LogP contribution in [-0.2, 0) is 4.79 Å². The van der Waals surface area contributed by atoms with E-state index in [1.807, 2.05) is 22.6 Å². The van der Waals surface area contributed by atoms with E-state index in [0.717, 1.165) is 0 Å². The molecule has 0 unspecified atom stereocenters. The van der Waals surface area contributed by atoms with Gasteiger partial charge >= 0.3 is 5.97 Å². The van der Waals surface area contributed by atoms with Gasteiger partial charge in [-0.05, 0) is 12.5 Å². The average molecular weight is 319 g/mol. The lowest BCUT2D eigenvalue weighted by Gasteiger charge is -2.01. The molecule has 0 aliphatic rings. The van der Waals surface area contributed by atoms with Crippen molar-refractivity contribution in [3.05, 3.63) is 21.3 Å². The molecule has 0 bridgehead atoms. The fourth-order valence-electron chi connectivity index (χ4n) is 0.977. The molecule has 1 aromatic heterocycles. The fraction of sp³-hybridized carbons (Fsp3) is 0.222. The Bertz CT molecular complexity index is 418. The summed E-state index contributed by atoms with van der Waals surface area (Å²) in [6.45, 7) is 1.77. The van der Waals surface area contributed by atoms with Gasteiger partial charge in [0, 0.05) is 28.2 Å². The van der Waals surface area contributed by atoms with Crippen LogP contribution in [0.5, 0.6) is 0 Å². The van der Waals surface area contributed by atoms with Crippen molar-refractivity contribution in [2.24, 2.45) is 0 Å². The molecule has 1 aromatic rings. The largest absolute Gasteiger partial charge is 0.478 e. The molecule has 0 aliphatic carbocycles. The number of aliphatic carboxylic acids is 1. The van der Waals surface area contributed by atoms with E-state index in [4.69, 9.17) is 10.8 Å². The number of rotatable bonds is 3. The van der Waals surface area contributed by atoms with E-state index >= 15 is 0 Å². The summed E-state index contributed by atoms with van der Waals surface area (Å²) in [4.78, 5) is 18.7. The fourth-order valence-corrected chi connectivity index (χ4v) is 1.38. The Morgan fingerprint density at radius 3 is 2.93 bits per heavy atom. The number of anilines is 1. The zero-order valence-electron chi connectivity index (χ0n) is 8.07. The lowest BCUT2D eigenvalue weighted by atomic mass is 10.1. The van der Waals surface area contributed by atoms with E-state index in [2.05, 4.69) is 9.97 Å². The second kappa shape index (κ2) is 5.06. The Morgan fingerprint density at radius 2 is 2.40 bits per heavy atom. The highest BCUT2D eigenvalue weighted by Gasteiger charge is 2.07. The van der Waals surface area contributed by atoms with Crippen LogP contribution in [0.2, 0.25) is 0 Å². The van der Waals surface area contributed by atoms with Gasteiger partial charge in [-0.3, -0.25) is 0 Å². The van der Waals surface area contributed by atoms with Crippen molar-refractivity contribution < 1.29 is 9.90 Å². The first kappa shape index (κ1) is 11.9. The number of nitrogens with zero attached hydrogens (tertiary/aromatic N) is 2. The molecular weight excluding hydrogens is 309 g/mol.